The predicted octanol–water partition coefficient (Wildman–Crippen LogP) is 19.6. The smallest absolute Gasteiger partial charge is 0.870 e. The number of hydrogen-bond donors (Lipinski definition) is 1. The summed E-state index contributed by atoms with van der Waals surface area (Å²) < 4.78 is 48.5. The fourth-order valence-corrected chi connectivity index (χ4v) is 17.6. The summed E-state index contributed by atoms with van der Waals surface area (Å²) >= 11 is 6.13. The molecule has 117 heavy (non-hydrogen) atoms. The van der Waals surface area contributed by atoms with E-state index >= 15 is 0 Å². The Morgan fingerprint density at radius 3 is 0.932 bits per heavy atom. The molecule has 6 heterocycles. The van der Waals surface area contributed by atoms with Crippen LogP contribution in [0, 0.1) is 0 Å². The van der Waals surface area contributed by atoms with Gasteiger partial charge in [-0.15, -0.1) is 0 Å². The van der Waals surface area contributed by atoms with Crippen molar-refractivity contribution in [1.29, 1.82) is 0 Å². The van der Waals surface area contributed by atoms with Crippen molar-refractivity contribution in [3.63, 3.8) is 0 Å². The van der Waals surface area contributed by atoms with Crippen molar-refractivity contribution in [2.45, 2.75) is 316 Å². The van der Waals surface area contributed by atoms with E-state index in [1.165, 1.54) is 14.2 Å². The van der Waals surface area contributed by atoms with Crippen molar-refractivity contribution in [3.8, 4) is 0 Å². The topological polar surface area (TPSA) is 275 Å². The van der Waals surface area contributed by atoms with Gasteiger partial charge in [-0.3, -0.25) is 24.7 Å². The number of esters is 2. The summed E-state index contributed by atoms with van der Waals surface area (Å²) in [6.07, 6.45) is 13.5. The number of nitrogens with zero attached hydrogens (tertiary/aromatic N) is 6. The van der Waals surface area contributed by atoms with Gasteiger partial charge < -0.3 is 47.5 Å². The molecule has 0 radical (unpaired) electrons. The molecule has 0 spiro atoms. The van der Waals surface area contributed by atoms with E-state index in [0.717, 1.165) is 71.9 Å². The summed E-state index contributed by atoms with van der Waals surface area (Å²) in [7, 11) is -3.90. The van der Waals surface area contributed by atoms with Crippen molar-refractivity contribution >= 4 is 72.7 Å². The maximum absolute atomic E-state index is 13.8. The molecule has 3 aliphatic rings. The van der Waals surface area contributed by atoms with E-state index in [1.54, 1.807) is 61.1 Å². The fourth-order valence-electron chi connectivity index (χ4n) is 13.6. The van der Waals surface area contributed by atoms with Gasteiger partial charge in [0.25, 0.3) is 0 Å². The molecule has 9 atom stereocenters. The molecule has 3 amide bonds. The molecule has 0 saturated carbocycles. The summed E-state index contributed by atoms with van der Waals surface area (Å²) in [6, 6.07) is 32.3. The summed E-state index contributed by atoms with van der Waals surface area (Å²) in [4.78, 5) is 95.0. The Morgan fingerprint density at radius 2 is 0.709 bits per heavy atom. The van der Waals surface area contributed by atoms with Gasteiger partial charge in [-0.2, -0.15) is 0 Å². The summed E-state index contributed by atoms with van der Waals surface area (Å²) in [5.41, 5.74) is 5.21. The maximum Gasteiger partial charge on any atom is 1.00 e. The Labute approximate surface area is 722 Å². The number of amides is 3. The van der Waals surface area contributed by atoms with Crippen molar-refractivity contribution in [3.05, 3.63) is 195 Å². The molecule has 3 aromatic heterocycles. The molecule has 3 fully saturated rings. The largest absolute Gasteiger partial charge is 1.00 e. The van der Waals surface area contributed by atoms with Crippen LogP contribution in [0.5, 0.6) is 0 Å². The number of rotatable bonds is 21. The first-order chi connectivity index (χ1) is 52.7. The van der Waals surface area contributed by atoms with E-state index in [2.05, 4.69) is 117 Å². The Hall–Kier alpha value is -7.29. The number of ether oxygens (including phenoxy) is 5. The number of likely N-dealkylation sites (tertiary alicyclic amines) is 3. The van der Waals surface area contributed by atoms with E-state index in [9.17, 15) is 33.9 Å². The Bertz CT molecular complexity index is 4190. The van der Waals surface area contributed by atoms with E-state index < -0.39 is 47.7 Å². The van der Waals surface area contributed by atoms with Crippen LogP contribution in [0.4, 0.5) is 14.4 Å². The molecule has 27 heteroatoms. The Kier molecular flexibility index (Phi) is 36.5. The third-order valence-electron chi connectivity index (χ3n) is 22.7. The van der Waals surface area contributed by atoms with E-state index in [1.807, 2.05) is 156 Å². The molecule has 22 nitrogen and oxygen atoms in total. The molecule has 3 aromatic carbocycles. The summed E-state index contributed by atoms with van der Waals surface area (Å²) in [6.45, 7) is 50.2. The van der Waals surface area contributed by atoms with Gasteiger partial charge >= 0.3 is 55.0 Å². The number of aromatic carboxylic acids is 1. The van der Waals surface area contributed by atoms with Crippen molar-refractivity contribution in [1.82, 2.24) is 29.7 Å². The second-order valence-electron chi connectivity index (χ2n) is 37.9. The van der Waals surface area contributed by atoms with Crippen LogP contribution in [0.2, 0.25) is 59.5 Å². The van der Waals surface area contributed by atoms with Crippen molar-refractivity contribution < 1.29 is 99.5 Å². The first kappa shape index (κ1) is 102. The number of aromatic nitrogens is 3. The van der Waals surface area contributed by atoms with Crippen LogP contribution in [0.15, 0.2) is 140 Å². The minimum Gasteiger partial charge on any atom is -0.870 e. The van der Waals surface area contributed by atoms with Crippen LogP contribution in [-0.4, -0.2) is 169 Å². The number of carboxylic acid groups (broad SMARTS) is 1. The molecule has 0 aliphatic carbocycles. The molecule has 9 rings (SSSR count). The average Bonchev–Trinajstić information content (AvgIpc) is 1.71. The van der Waals surface area contributed by atoms with Crippen LogP contribution < -0.4 is 18.9 Å². The minimum absolute atomic E-state index is 0. The SMILES string of the molecule is C.CC(C)(C)OC(=O)N1C(Cc2ccc(C(=O)O)cc2)CC[C@@H]1[C@H](O[Si](C)(C)C(C)(C)C)c1cccnc1.COC(=O)c1ccc(CC2CC[C@H]([C@H](O[Si](C)(C)C(C)(C)C)c3ccc(Cl)nc3)N2C(=O)OC(C)(C)C)cc1.COC(=O)c1ccc(CC2CC[C@H]([C@H](O[Si](C)(C)C(C)(C)C)c3cccnc3)N2C(=O)OC(C)(C)C)cc1.[HH].[HH].[HH].[Li+].[OH-]. The summed E-state index contributed by atoms with van der Waals surface area (Å²) in [5, 5.41) is 9.63. The maximum atomic E-state index is 13.8. The zero-order valence-corrected chi connectivity index (χ0v) is 77.8. The second kappa shape index (κ2) is 41.8. The number of carboxylic acids is 1. The minimum atomic E-state index is -2.24. The Balaban J connectivity index is 0.000000878. The second-order valence-corrected chi connectivity index (χ2v) is 52.6. The van der Waals surface area contributed by atoms with Crippen LogP contribution >= 0.6 is 11.6 Å². The number of pyridine rings is 3. The standard InChI is InChI=1S/C30H43ClN2O5Si.C30H44N2O5Si.C29H42N2O5Si.CH4.Li.H2O.3H2/c1-29(2,3)37-28(35)33-23(18-20-10-12-21(13-11-20)27(34)36-7)15-16-24(33)26(22-14-17-25(31)32-19-22)38-39(8,9)30(4,5)6;1-29(2,3)36-28(34)32-24(19-21-12-14-22(15-13-21)27(33)35-7)16-17-25(32)26(23-11-10-18-31-20-23)37-38(8,9)30(4,5)6;1-28(2,3)35-27(34)31-23(18-20-11-13-21(14-12-20)26(32)33)15-16-24(31)25(22-10-9-17-30-19-22)36-37(7,8)29(4,5)6;;;;;;/h10-14,17,19,23-24,26H,15-16,18H2,1-9H3;10-15,18,20,24-26H,16-17,19H2,1-9H3;9-14,17,19,23-25H,15-16,18H2,1-8H3,(H,32,33);1H4;;1H2;3*1H/q;;;;+1;;;;/p-1/t23?,24-,26-;24?,25-,26-;23?,24-,25-;;;;;;/m111....../s1. The van der Waals surface area contributed by atoms with E-state index in [0.29, 0.717) is 35.5 Å². The third kappa shape index (κ3) is 28.4. The predicted molar refractivity (Wildman–Crippen MR) is 471 cm³/mol. The first-order valence-corrected chi connectivity index (χ1v) is 49.0. The molecular weight excluding hydrogens is 1550 g/mol. The van der Waals surface area contributed by atoms with Crippen molar-refractivity contribution in [2.24, 2.45) is 0 Å². The molecule has 0 bridgehead atoms. The van der Waals surface area contributed by atoms with Gasteiger partial charge in [0.05, 0.1) is 67.3 Å². The monoisotopic (exact) mass is 1690 g/mol. The van der Waals surface area contributed by atoms with Crippen molar-refractivity contribution in [2.75, 3.05) is 14.2 Å². The molecular formula is C90H140ClLiN6O16Si3. The van der Waals surface area contributed by atoms with Gasteiger partial charge in [-0.05, 0) is 257 Å². The molecule has 3 aliphatic heterocycles. The molecule has 6 aromatic rings. The molecule has 3 unspecified atom stereocenters. The van der Waals surface area contributed by atoms with Gasteiger partial charge in [0.15, 0.2) is 25.0 Å². The normalized spacial score (nSPS) is 18.8. The number of methoxy groups -OCH3 is 2. The molecule has 646 valence electrons. The zero-order chi connectivity index (χ0) is 85.1. The van der Waals surface area contributed by atoms with Gasteiger partial charge in [-0.1, -0.05) is 136 Å². The van der Waals surface area contributed by atoms with Crippen LogP contribution in [0.3, 0.4) is 0 Å². The van der Waals surface area contributed by atoms with Gasteiger partial charge in [0, 0.05) is 59.0 Å². The van der Waals surface area contributed by atoms with E-state index in [-0.39, 0.29) is 142 Å². The summed E-state index contributed by atoms with van der Waals surface area (Å²) in [5.74, 6) is -1.69. The quantitative estimate of drug-likeness (QED) is 0.0303. The fraction of sp³-hybridized carbons (Fsp3) is 0.567. The average molecular weight is 1690 g/mol. The van der Waals surface area contributed by atoms with E-state index in [4.69, 9.17) is 48.6 Å². The van der Waals surface area contributed by atoms with Gasteiger partial charge in [0.2, 0.25) is 0 Å². The Morgan fingerprint density at radius 1 is 0.436 bits per heavy atom. The number of hydrogen-bond acceptors (Lipinski definition) is 18. The van der Waals surface area contributed by atoms with Gasteiger partial charge in [0.1, 0.15) is 22.0 Å². The number of carbonyl (C=O) groups excluding carboxylic acids is 5. The number of benzene rings is 3. The molecule has 2 N–H and O–H groups in total. The van der Waals surface area contributed by atoms with Crippen LogP contribution in [-0.2, 0) is 56.2 Å². The third-order valence-corrected chi connectivity index (χ3v) is 36.2. The number of carbonyl (C=O) groups is 6. The number of halogens is 1. The zero-order valence-electron chi connectivity index (χ0n) is 74.0. The first-order valence-electron chi connectivity index (χ1n) is 39.9. The molecule has 3 saturated heterocycles. The van der Waals surface area contributed by atoms with Crippen LogP contribution in [0.1, 0.15) is 258 Å². The van der Waals surface area contributed by atoms with Crippen LogP contribution in [0.25, 0.3) is 0 Å². The van der Waals surface area contributed by atoms with Gasteiger partial charge in [-0.25, -0.2) is 33.8 Å².